The van der Waals surface area contributed by atoms with Crippen molar-refractivity contribution in [2.24, 2.45) is 5.73 Å². The van der Waals surface area contributed by atoms with Crippen molar-refractivity contribution in [3.05, 3.63) is 23.1 Å². The molecule has 1 atom stereocenters. The Morgan fingerprint density at radius 3 is 2.91 bits per heavy atom. The van der Waals surface area contributed by atoms with Gasteiger partial charge < -0.3 is 21.1 Å². The fourth-order valence-electron chi connectivity index (χ4n) is 2.81. The van der Waals surface area contributed by atoms with Crippen LogP contribution in [0.1, 0.15) is 18.2 Å². The predicted octanol–water partition coefficient (Wildman–Crippen LogP) is 2.16. The number of carbonyl (C=O) groups excluding carboxylic acids is 1. The zero-order valence-corrected chi connectivity index (χ0v) is 14.0. The molecule has 0 aliphatic carbocycles. The lowest BCUT2D eigenvalue weighted by Crippen LogP contribution is -2.43. The van der Waals surface area contributed by atoms with Gasteiger partial charge in [-0.05, 0) is 31.5 Å². The van der Waals surface area contributed by atoms with Gasteiger partial charge in [0.05, 0.1) is 24.5 Å². The number of hydrogen-bond donors (Lipinski definition) is 2. The molecule has 0 radical (unpaired) electrons. The Kier molecular flexibility index (Phi) is 4.12. The third-order valence-electron chi connectivity index (χ3n) is 3.91. The summed E-state index contributed by atoms with van der Waals surface area (Å²) in [7, 11) is 0. The molecule has 23 heavy (non-hydrogen) atoms. The summed E-state index contributed by atoms with van der Waals surface area (Å²) < 4.78 is 5.98. The van der Waals surface area contributed by atoms with Gasteiger partial charge in [0, 0.05) is 10.4 Å². The van der Waals surface area contributed by atoms with Gasteiger partial charge in [0.1, 0.15) is 11.9 Å². The number of nitrogen functional groups attached to an aromatic ring is 1. The average Bonchev–Trinajstić information content (AvgIpc) is 2.84. The van der Waals surface area contributed by atoms with Crippen LogP contribution < -0.4 is 21.1 Å². The van der Waals surface area contributed by atoms with Crippen LogP contribution in [0.3, 0.4) is 0 Å². The number of rotatable bonds is 4. The predicted molar refractivity (Wildman–Crippen MR) is 92.8 cm³/mol. The number of amides is 1. The van der Waals surface area contributed by atoms with Crippen LogP contribution in [0.2, 0.25) is 0 Å². The van der Waals surface area contributed by atoms with Crippen molar-refractivity contribution >= 4 is 28.1 Å². The first-order valence-electron chi connectivity index (χ1n) is 7.55. The van der Waals surface area contributed by atoms with Crippen LogP contribution in [0.25, 0.3) is 11.3 Å². The number of aryl methyl sites for hydroxylation is 1. The number of hydrogen-bond acceptors (Lipinski definition) is 6. The summed E-state index contributed by atoms with van der Waals surface area (Å²) in [5, 5.41) is 0.548. The molecule has 4 N–H and O–H groups in total. The zero-order chi connectivity index (χ0) is 16.6. The number of fused-ring (bicyclic) bond motifs is 1. The highest BCUT2D eigenvalue weighted by Crippen LogP contribution is 2.39. The molecule has 1 amide bonds. The molecular formula is C16H20N4O2S. The van der Waals surface area contributed by atoms with Gasteiger partial charge in [0.2, 0.25) is 5.91 Å². The van der Waals surface area contributed by atoms with Crippen molar-refractivity contribution in [3.8, 4) is 17.0 Å². The van der Waals surface area contributed by atoms with E-state index in [0.717, 1.165) is 34.0 Å². The molecule has 0 fully saturated rings. The number of primary amides is 1. The van der Waals surface area contributed by atoms with Crippen LogP contribution in [-0.4, -0.2) is 30.1 Å². The van der Waals surface area contributed by atoms with Crippen molar-refractivity contribution < 1.29 is 9.53 Å². The van der Waals surface area contributed by atoms with Crippen LogP contribution in [-0.2, 0) is 4.79 Å². The van der Waals surface area contributed by atoms with E-state index in [1.807, 2.05) is 30.0 Å². The van der Waals surface area contributed by atoms with E-state index in [1.165, 1.54) is 11.3 Å². The highest BCUT2D eigenvalue weighted by atomic mass is 32.1. The molecule has 7 heteroatoms. The quantitative estimate of drug-likeness (QED) is 0.895. The van der Waals surface area contributed by atoms with Crippen molar-refractivity contribution in [1.82, 2.24) is 4.98 Å². The van der Waals surface area contributed by atoms with E-state index in [4.69, 9.17) is 16.2 Å². The fourth-order valence-corrected chi connectivity index (χ4v) is 3.52. The van der Waals surface area contributed by atoms with Crippen LogP contribution in [0.5, 0.6) is 5.75 Å². The summed E-state index contributed by atoms with van der Waals surface area (Å²) in [6, 6.07) is 5.89. The van der Waals surface area contributed by atoms with Gasteiger partial charge >= 0.3 is 0 Å². The van der Waals surface area contributed by atoms with Crippen LogP contribution in [0, 0.1) is 6.92 Å². The second-order valence-electron chi connectivity index (χ2n) is 5.63. The minimum Gasteiger partial charge on any atom is -0.486 e. The number of aromatic nitrogens is 1. The van der Waals surface area contributed by atoms with E-state index in [1.54, 1.807) is 0 Å². The molecule has 6 nitrogen and oxygen atoms in total. The van der Waals surface area contributed by atoms with Crippen LogP contribution >= 0.6 is 11.3 Å². The Morgan fingerprint density at radius 1 is 1.52 bits per heavy atom. The Hall–Kier alpha value is -2.28. The van der Waals surface area contributed by atoms with Gasteiger partial charge in [0.25, 0.3) is 0 Å². The lowest BCUT2D eigenvalue weighted by atomic mass is 10.1. The molecule has 122 valence electrons. The molecule has 1 aliphatic heterocycles. The monoisotopic (exact) mass is 332 g/mol. The minimum absolute atomic E-state index is 0.0596. The van der Waals surface area contributed by atoms with Gasteiger partial charge in [-0.15, -0.1) is 11.3 Å². The van der Waals surface area contributed by atoms with E-state index in [2.05, 4.69) is 11.9 Å². The molecule has 2 heterocycles. The summed E-state index contributed by atoms with van der Waals surface area (Å²) in [4.78, 5) is 18.8. The number of carbonyl (C=O) groups is 1. The van der Waals surface area contributed by atoms with Gasteiger partial charge in [-0.2, -0.15) is 0 Å². The van der Waals surface area contributed by atoms with Crippen LogP contribution in [0.4, 0.5) is 10.8 Å². The molecule has 0 saturated carbocycles. The van der Waals surface area contributed by atoms with Crippen molar-refractivity contribution in [2.75, 3.05) is 23.7 Å². The molecule has 1 unspecified atom stereocenters. The minimum atomic E-state index is -0.354. The highest BCUT2D eigenvalue weighted by molar-refractivity contribution is 7.15. The molecular weight excluding hydrogens is 312 g/mol. The number of nitrogens with zero attached hydrogens (tertiary/aromatic N) is 2. The van der Waals surface area contributed by atoms with E-state index < -0.39 is 0 Å². The van der Waals surface area contributed by atoms with E-state index >= 15 is 0 Å². The molecule has 1 aliphatic rings. The molecule has 2 aromatic rings. The third kappa shape index (κ3) is 3.10. The summed E-state index contributed by atoms with van der Waals surface area (Å²) in [6.07, 6.45) is 0.933. The summed E-state index contributed by atoms with van der Waals surface area (Å²) in [5.74, 6) is 0.418. The smallest absolute Gasteiger partial charge is 0.236 e. The van der Waals surface area contributed by atoms with Crippen molar-refractivity contribution in [2.45, 2.75) is 26.4 Å². The van der Waals surface area contributed by atoms with Crippen LogP contribution in [0.15, 0.2) is 18.2 Å². The second kappa shape index (κ2) is 6.08. The zero-order valence-electron chi connectivity index (χ0n) is 13.2. The normalized spacial score (nSPS) is 16.8. The first kappa shape index (κ1) is 15.6. The molecule has 3 rings (SSSR count). The lowest BCUT2D eigenvalue weighted by Gasteiger charge is -2.35. The maximum absolute atomic E-state index is 11.4. The first-order valence-corrected chi connectivity index (χ1v) is 8.36. The van der Waals surface area contributed by atoms with Gasteiger partial charge in [-0.25, -0.2) is 4.98 Å². The topological polar surface area (TPSA) is 94.5 Å². The first-order chi connectivity index (χ1) is 11.0. The lowest BCUT2D eigenvalue weighted by molar-refractivity contribution is -0.116. The molecule has 0 saturated heterocycles. The largest absolute Gasteiger partial charge is 0.486 e. The number of nitrogens with two attached hydrogens (primary N) is 2. The van der Waals surface area contributed by atoms with E-state index in [0.29, 0.717) is 11.7 Å². The number of benzene rings is 1. The Morgan fingerprint density at radius 2 is 2.30 bits per heavy atom. The van der Waals surface area contributed by atoms with Crippen molar-refractivity contribution in [3.63, 3.8) is 0 Å². The van der Waals surface area contributed by atoms with Crippen molar-refractivity contribution in [1.29, 1.82) is 0 Å². The van der Waals surface area contributed by atoms with Gasteiger partial charge in [0.15, 0.2) is 5.13 Å². The maximum atomic E-state index is 11.4. The van der Waals surface area contributed by atoms with Gasteiger partial charge in [-0.1, -0.05) is 6.92 Å². The highest BCUT2D eigenvalue weighted by Gasteiger charge is 2.26. The SMILES string of the molecule is CCC1CN(CC(N)=O)c2cc(-c3nc(N)sc3C)ccc2O1. The Bertz CT molecular complexity index is 744. The molecule has 0 spiro atoms. The van der Waals surface area contributed by atoms with E-state index in [-0.39, 0.29) is 18.6 Å². The van der Waals surface area contributed by atoms with E-state index in [9.17, 15) is 4.79 Å². The average molecular weight is 332 g/mol. The molecule has 0 bridgehead atoms. The Balaban J connectivity index is 2.02. The molecule has 1 aromatic heterocycles. The summed E-state index contributed by atoms with van der Waals surface area (Å²) in [6.45, 7) is 4.88. The van der Waals surface area contributed by atoms with Gasteiger partial charge in [-0.3, -0.25) is 4.79 Å². The fraction of sp³-hybridized carbons (Fsp3) is 0.375. The summed E-state index contributed by atoms with van der Waals surface area (Å²) in [5.41, 5.74) is 13.9. The standard InChI is InChI=1S/C16H20N4O2S/c1-3-11-7-20(8-14(17)21)12-6-10(4-5-13(12)22-11)15-9(2)23-16(18)19-15/h4-6,11H,3,7-8H2,1-2H3,(H2,17,21)(H2,18,19). The third-order valence-corrected chi connectivity index (χ3v) is 4.71. The second-order valence-corrected chi connectivity index (χ2v) is 6.87. The maximum Gasteiger partial charge on any atom is 0.236 e. The number of thiazole rings is 1. The number of ether oxygens (including phenoxy) is 1. The summed E-state index contributed by atoms with van der Waals surface area (Å²) >= 11 is 1.46. The molecule has 1 aromatic carbocycles. The Labute approximate surface area is 139 Å². The number of anilines is 2.